The van der Waals surface area contributed by atoms with Gasteiger partial charge in [0.2, 0.25) is 5.78 Å². The van der Waals surface area contributed by atoms with Gasteiger partial charge in [0.25, 0.3) is 0 Å². The Bertz CT molecular complexity index is 800. The van der Waals surface area contributed by atoms with Gasteiger partial charge < -0.3 is 9.15 Å². The summed E-state index contributed by atoms with van der Waals surface area (Å²) in [4.78, 5) is 27.2. The molecule has 0 aliphatic carbocycles. The van der Waals surface area contributed by atoms with Gasteiger partial charge in [-0.25, -0.2) is 4.79 Å². The number of nitrogens with zero attached hydrogens (tertiary/aromatic N) is 1. The van der Waals surface area contributed by atoms with E-state index in [1.54, 1.807) is 4.90 Å². The van der Waals surface area contributed by atoms with Crippen LogP contribution in [0.25, 0.3) is 11.0 Å². The van der Waals surface area contributed by atoms with Crippen LogP contribution in [-0.2, 0) is 4.74 Å². The highest BCUT2D eigenvalue weighted by atomic mass is 16.6. The smallest absolute Gasteiger partial charge is 0.410 e. The monoisotopic (exact) mass is 343 g/mol. The van der Waals surface area contributed by atoms with Gasteiger partial charge in [-0.3, -0.25) is 9.69 Å². The van der Waals surface area contributed by atoms with Crippen LogP contribution >= 0.6 is 0 Å². The number of carbonyl (C=O) groups excluding carboxylic acids is 2. The van der Waals surface area contributed by atoms with Gasteiger partial charge in [-0.1, -0.05) is 18.2 Å². The van der Waals surface area contributed by atoms with E-state index < -0.39 is 17.7 Å². The summed E-state index contributed by atoms with van der Waals surface area (Å²) in [5.41, 5.74) is 0.940. The van der Waals surface area contributed by atoms with Gasteiger partial charge in [0.05, 0.1) is 0 Å². The van der Waals surface area contributed by atoms with E-state index >= 15 is 0 Å². The molecule has 1 aliphatic rings. The van der Waals surface area contributed by atoms with E-state index in [4.69, 9.17) is 9.15 Å². The number of hydrogen-bond acceptors (Lipinski definition) is 4. The van der Waals surface area contributed by atoms with Crippen molar-refractivity contribution >= 4 is 22.8 Å². The van der Waals surface area contributed by atoms with E-state index in [1.807, 2.05) is 52.0 Å². The standard InChI is InChI=1S/C20H25NO4/c1-13-14-9-5-6-11-16(14)24-18(13)17(22)15-10-7-8-12-21(15)19(23)25-20(2,3)4/h5-6,9,11,15H,7-8,10,12H2,1-4H3. The number of ketones is 1. The van der Waals surface area contributed by atoms with E-state index in [2.05, 4.69) is 0 Å². The first-order chi connectivity index (χ1) is 11.8. The van der Waals surface area contributed by atoms with Crippen molar-refractivity contribution in [2.24, 2.45) is 0 Å². The minimum atomic E-state index is -0.586. The average Bonchev–Trinajstić information content (AvgIpc) is 2.90. The van der Waals surface area contributed by atoms with Crippen molar-refractivity contribution < 1.29 is 18.7 Å². The first kappa shape index (κ1) is 17.5. The number of fused-ring (bicyclic) bond motifs is 1. The van der Waals surface area contributed by atoms with Crippen LogP contribution in [0, 0.1) is 6.92 Å². The zero-order valence-electron chi connectivity index (χ0n) is 15.3. The number of rotatable bonds is 2. The molecule has 1 aromatic carbocycles. The molecule has 0 bridgehead atoms. The third kappa shape index (κ3) is 3.55. The fourth-order valence-corrected chi connectivity index (χ4v) is 3.30. The van der Waals surface area contributed by atoms with Crippen molar-refractivity contribution in [3.63, 3.8) is 0 Å². The molecular weight excluding hydrogens is 318 g/mol. The number of aryl methyl sites for hydroxylation is 1. The molecule has 25 heavy (non-hydrogen) atoms. The fraction of sp³-hybridized carbons (Fsp3) is 0.500. The Morgan fingerprint density at radius 1 is 1.20 bits per heavy atom. The third-order valence-corrected chi connectivity index (χ3v) is 4.50. The molecule has 5 nitrogen and oxygen atoms in total. The lowest BCUT2D eigenvalue weighted by Gasteiger charge is -2.35. The molecule has 2 heterocycles. The zero-order chi connectivity index (χ0) is 18.2. The normalized spacial score (nSPS) is 18.4. The first-order valence-corrected chi connectivity index (χ1v) is 8.80. The van der Waals surface area contributed by atoms with Crippen LogP contribution in [-0.4, -0.2) is 35.0 Å². The van der Waals surface area contributed by atoms with Crippen LogP contribution in [0.3, 0.4) is 0 Å². The van der Waals surface area contributed by atoms with Crippen LogP contribution in [0.15, 0.2) is 28.7 Å². The summed E-state index contributed by atoms with van der Waals surface area (Å²) in [6.45, 7) is 7.91. The maximum Gasteiger partial charge on any atom is 0.410 e. The topological polar surface area (TPSA) is 59.8 Å². The molecule has 1 aromatic heterocycles. The Morgan fingerprint density at radius 2 is 1.92 bits per heavy atom. The zero-order valence-corrected chi connectivity index (χ0v) is 15.3. The second kappa shape index (κ2) is 6.54. The van der Waals surface area contributed by atoms with Crippen LogP contribution in [0.2, 0.25) is 0 Å². The van der Waals surface area contributed by atoms with Crippen molar-refractivity contribution in [2.45, 2.75) is 58.6 Å². The summed E-state index contributed by atoms with van der Waals surface area (Å²) < 4.78 is 11.3. The summed E-state index contributed by atoms with van der Waals surface area (Å²) in [6.07, 6.45) is 1.99. The Balaban J connectivity index is 1.90. The Morgan fingerprint density at radius 3 is 2.60 bits per heavy atom. The van der Waals surface area contributed by atoms with Crippen molar-refractivity contribution in [1.82, 2.24) is 4.90 Å². The van der Waals surface area contributed by atoms with Crippen LogP contribution in [0.4, 0.5) is 4.79 Å². The molecule has 1 fully saturated rings. The lowest BCUT2D eigenvalue weighted by atomic mass is 9.96. The van der Waals surface area contributed by atoms with Crippen molar-refractivity contribution in [1.29, 1.82) is 0 Å². The van der Waals surface area contributed by atoms with Crippen LogP contribution < -0.4 is 0 Å². The van der Waals surface area contributed by atoms with E-state index in [1.165, 1.54) is 0 Å². The molecule has 3 rings (SSSR count). The van der Waals surface area contributed by atoms with E-state index in [9.17, 15) is 9.59 Å². The van der Waals surface area contributed by atoms with Gasteiger partial charge in [0.15, 0.2) is 5.76 Å². The molecule has 2 aromatic rings. The molecular formula is C20H25NO4. The molecule has 0 spiro atoms. The maximum atomic E-state index is 13.1. The number of carbonyl (C=O) groups is 2. The summed E-state index contributed by atoms with van der Waals surface area (Å²) in [7, 11) is 0. The Kier molecular flexibility index (Phi) is 4.58. The second-order valence-electron chi connectivity index (χ2n) is 7.60. The minimum absolute atomic E-state index is 0.140. The van der Waals surface area contributed by atoms with Gasteiger partial charge in [0, 0.05) is 17.5 Å². The summed E-state index contributed by atoms with van der Waals surface area (Å²) in [6, 6.07) is 7.08. The summed E-state index contributed by atoms with van der Waals surface area (Å²) in [5, 5.41) is 0.936. The maximum absolute atomic E-state index is 13.1. The molecule has 0 saturated carbocycles. The van der Waals surface area contributed by atoms with Gasteiger partial charge in [-0.05, 0) is 53.0 Å². The van der Waals surface area contributed by atoms with Crippen molar-refractivity contribution in [2.75, 3.05) is 6.54 Å². The van der Waals surface area contributed by atoms with Gasteiger partial charge in [-0.2, -0.15) is 0 Å². The Hall–Kier alpha value is -2.30. The van der Waals surface area contributed by atoms with Gasteiger partial charge in [0.1, 0.15) is 17.2 Å². The highest BCUT2D eigenvalue weighted by Gasteiger charge is 2.37. The van der Waals surface area contributed by atoms with Gasteiger partial charge in [-0.15, -0.1) is 0 Å². The second-order valence-corrected chi connectivity index (χ2v) is 7.60. The lowest BCUT2D eigenvalue weighted by Crippen LogP contribution is -2.49. The number of piperidine rings is 1. The molecule has 0 N–H and O–H groups in total. The Labute approximate surface area is 147 Å². The number of benzene rings is 1. The number of hydrogen-bond donors (Lipinski definition) is 0. The molecule has 5 heteroatoms. The molecule has 1 atom stereocenters. The molecule has 1 saturated heterocycles. The molecule has 0 radical (unpaired) electrons. The predicted molar refractivity (Wildman–Crippen MR) is 95.9 cm³/mol. The number of likely N-dealkylation sites (tertiary alicyclic amines) is 1. The molecule has 134 valence electrons. The van der Waals surface area contributed by atoms with Gasteiger partial charge >= 0.3 is 6.09 Å². The fourth-order valence-electron chi connectivity index (χ4n) is 3.30. The largest absolute Gasteiger partial charge is 0.453 e. The first-order valence-electron chi connectivity index (χ1n) is 8.80. The number of para-hydroxylation sites is 1. The predicted octanol–water partition coefficient (Wildman–Crippen LogP) is 4.71. The quantitative estimate of drug-likeness (QED) is 0.741. The third-order valence-electron chi connectivity index (χ3n) is 4.50. The molecule has 1 aliphatic heterocycles. The minimum Gasteiger partial charge on any atom is -0.453 e. The summed E-state index contributed by atoms with van der Waals surface area (Å²) in [5.74, 6) is 0.209. The highest BCUT2D eigenvalue weighted by Crippen LogP contribution is 2.29. The number of ether oxygens (including phenoxy) is 1. The molecule has 1 amide bonds. The van der Waals surface area contributed by atoms with Crippen LogP contribution in [0.1, 0.15) is 56.2 Å². The number of amides is 1. The van der Waals surface area contributed by atoms with Crippen LogP contribution in [0.5, 0.6) is 0 Å². The highest BCUT2D eigenvalue weighted by molar-refractivity contribution is 6.04. The summed E-state index contributed by atoms with van der Waals surface area (Å²) >= 11 is 0. The lowest BCUT2D eigenvalue weighted by molar-refractivity contribution is 0.0101. The van der Waals surface area contributed by atoms with Crippen molar-refractivity contribution in [3.05, 3.63) is 35.6 Å². The number of Topliss-reactive ketones (excluding diaryl/α,β-unsaturated/α-hetero) is 1. The molecule has 1 unspecified atom stereocenters. The average molecular weight is 343 g/mol. The SMILES string of the molecule is Cc1c(C(=O)C2CCCCN2C(=O)OC(C)(C)C)oc2ccccc12. The van der Waals surface area contributed by atoms with E-state index in [-0.39, 0.29) is 5.78 Å². The van der Waals surface area contributed by atoms with Crippen molar-refractivity contribution in [3.8, 4) is 0 Å². The van der Waals surface area contributed by atoms with E-state index in [0.29, 0.717) is 24.3 Å². The van der Waals surface area contributed by atoms with E-state index in [0.717, 1.165) is 23.8 Å². The number of furan rings is 1.